The number of rotatable bonds is 14. The molecule has 2 rings (SSSR count). The van der Waals surface area contributed by atoms with Crippen LogP contribution in [0.15, 0.2) is 53.0 Å². The maximum Gasteiger partial charge on any atom is 0.242 e. The second-order valence-electron chi connectivity index (χ2n) is 8.48. The molecule has 0 fully saturated rings. The molecular formula is C26H36BrN3O5S. The van der Waals surface area contributed by atoms with Crippen molar-refractivity contribution in [2.45, 2.75) is 52.6 Å². The van der Waals surface area contributed by atoms with Gasteiger partial charge in [0.15, 0.2) is 0 Å². The van der Waals surface area contributed by atoms with Crippen LogP contribution in [0.1, 0.15) is 45.6 Å². The Balaban J connectivity index is 2.13. The van der Waals surface area contributed by atoms with Gasteiger partial charge in [0.1, 0.15) is 11.8 Å². The van der Waals surface area contributed by atoms with Gasteiger partial charge in [-0.1, -0.05) is 35.0 Å². The fourth-order valence-corrected chi connectivity index (χ4v) is 4.87. The zero-order valence-electron chi connectivity index (χ0n) is 21.4. The lowest BCUT2D eigenvalue weighted by atomic mass is 10.1. The zero-order chi connectivity index (χ0) is 26.7. The second-order valence-corrected chi connectivity index (χ2v) is 11.3. The minimum atomic E-state index is -3.55. The first kappa shape index (κ1) is 29.6. The molecule has 1 atom stereocenters. The van der Waals surface area contributed by atoms with E-state index in [1.54, 1.807) is 36.1 Å². The molecule has 0 saturated carbocycles. The van der Waals surface area contributed by atoms with E-state index in [0.717, 1.165) is 22.7 Å². The predicted molar refractivity (Wildman–Crippen MR) is 146 cm³/mol. The first-order valence-electron chi connectivity index (χ1n) is 12.1. The van der Waals surface area contributed by atoms with E-state index in [0.29, 0.717) is 31.0 Å². The molecule has 10 heteroatoms. The molecule has 2 aromatic rings. The van der Waals surface area contributed by atoms with Crippen molar-refractivity contribution in [2.24, 2.45) is 0 Å². The smallest absolute Gasteiger partial charge is 0.242 e. The summed E-state index contributed by atoms with van der Waals surface area (Å²) in [6.45, 7) is 7.03. The van der Waals surface area contributed by atoms with Crippen LogP contribution in [0.4, 0.5) is 5.69 Å². The SMILES string of the molecule is CCCNC(=O)[C@H](C)N(Cc1ccc(Br)cc1)C(=O)CCCN(c1ccc(OCC)cc1)S(C)(=O)=O. The van der Waals surface area contributed by atoms with Crippen LogP contribution >= 0.6 is 15.9 Å². The summed E-state index contributed by atoms with van der Waals surface area (Å²) in [7, 11) is -3.55. The minimum Gasteiger partial charge on any atom is -0.494 e. The van der Waals surface area contributed by atoms with Gasteiger partial charge in [-0.2, -0.15) is 0 Å². The minimum absolute atomic E-state index is 0.102. The number of hydrogen-bond donors (Lipinski definition) is 1. The molecular weight excluding hydrogens is 546 g/mol. The van der Waals surface area contributed by atoms with Gasteiger partial charge in [-0.05, 0) is 68.7 Å². The van der Waals surface area contributed by atoms with Gasteiger partial charge < -0.3 is 15.0 Å². The van der Waals surface area contributed by atoms with Gasteiger partial charge in [0.05, 0.1) is 18.6 Å². The highest BCUT2D eigenvalue weighted by Crippen LogP contribution is 2.23. The van der Waals surface area contributed by atoms with E-state index in [2.05, 4.69) is 21.2 Å². The van der Waals surface area contributed by atoms with Gasteiger partial charge in [0, 0.05) is 30.5 Å². The molecule has 0 spiro atoms. The van der Waals surface area contributed by atoms with Crippen molar-refractivity contribution in [1.29, 1.82) is 0 Å². The number of benzene rings is 2. The number of anilines is 1. The molecule has 0 unspecified atom stereocenters. The number of nitrogens with zero attached hydrogens (tertiary/aromatic N) is 2. The largest absolute Gasteiger partial charge is 0.494 e. The summed E-state index contributed by atoms with van der Waals surface area (Å²) >= 11 is 3.41. The van der Waals surface area contributed by atoms with E-state index in [-0.39, 0.29) is 31.3 Å². The van der Waals surface area contributed by atoms with E-state index in [9.17, 15) is 18.0 Å². The molecule has 8 nitrogen and oxygen atoms in total. The Kier molecular flexibility index (Phi) is 11.7. The lowest BCUT2D eigenvalue weighted by Gasteiger charge is -2.29. The number of sulfonamides is 1. The third-order valence-corrected chi connectivity index (χ3v) is 7.29. The first-order valence-corrected chi connectivity index (χ1v) is 14.7. The van der Waals surface area contributed by atoms with Crippen LogP contribution in [-0.4, -0.2) is 57.1 Å². The molecule has 0 aliphatic rings. The van der Waals surface area contributed by atoms with Gasteiger partial charge in [-0.3, -0.25) is 13.9 Å². The van der Waals surface area contributed by atoms with Crippen molar-refractivity contribution < 1.29 is 22.7 Å². The standard InChI is InChI=1S/C26H36BrN3O5S/c1-5-17-28-26(32)20(3)29(19-21-9-11-22(27)12-10-21)25(31)8-7-18-30(36(4,33)34)23-13-15-24(16-14-23)35-6-2/h9-16,20H,5-8,17-19H2,1-4H3,(H,28,32)/t20-/m0/s1. The lowest BCUT2D eigenvalue weighted by molar-refractivity contribution is -0.140. The summed E-state index contributed by atoms with van der Waals surface area (Å²) in [6, 6.07) is 13.7. The quantitative estimate of drug-likeness (QED) is 0.358. The van der Waals surface area contributed by atoms with Crippen LogP contribution in [0, 0.1) is 0 Å². The Morgan fingerprint density at radius 2 is 1.69 bits per heavy atom. The van der Waals surface area contributed by atoms with Gasteiger partial charge in [-0.25, -0.2) is 8.42 Å². The third kappa shape index (κ3) is 9.13. The number of ether oxygens (including phenoxy) is 1. The summed E-state index contributed by atoms with van der Waals surface area (Å²) in [5.74, 6) is 0.232. The summed E-state index contributed by atoms with van der Waals surface area (Å²) in [5.41, 5.74) is 1.40. The van der Waals surface area contributed by atoms with Crippen molar-refractivity contribution in [3.8, 4) is 5.75 Å². The van der Waals surface area contributed by atoms with E-state index < -0.39 is 16.1 Å². The van der Waals surface area contributed by atoms with Crippen molar-refractivity contribution >= 4 is 43.5 Å². The molecule has 2 amide bonds. The molecule has 0 heterocycles. The molecule has 36 heavy (non-hydrogen) atoms. The Morgan fingerprint density at radius 3 is 2.25 bits per heavy atom. The van der Waals surface area contributed by atoms with Crippen LogP contribution in [0.3, 0.4) is 0 Å². The summed E-state index contributed by atoms with van der Waals surface area (Å²) in [4.78, 5) is 27.5. The molecule has 0 radical (unpaired) electrons. The van der Waals surface area contributed by atoms with Gasteiger partial charge in [0.25, 0.3) is 0 Å². The highest BCUT2D eigenvalue weighted by Gasteiger charge is 2.26. The van der Waals surface area contributed by atoms with Crippen molar-refractivity contribution in [2.75, 3.05) is 30.3 Å². The number of halogens is 1. The van der Waals surface area contributed by atoms with Crippen molar-refractivity contribution in [1.82, 2.24) is 10.2 Å². The lowest BCUT2D eigenvalue weighted by Crippen LogP contribution is -2.47. The summed E-state index contributed by atoms with van der Waals surface area (Å²) in [5, 5.41) is 2.85. The molecule has 0 bridgehead atoms. The highest BCUT2D eigenvalue weighted by atomic mass is 79.9. The Hall–Kier alpha value is -2.59. The summed E-state index contributed by atoms with van der Waals surface area (Å²) < 4.78 is 32.6. The highest BCUT2D eigenvalue weighted by molar-refractivity contribution is 9.10. The van der Waals surface area contributed by atoms with E-state index in [1.165, 1.54) is 4.31 Å². The van der Waals surface area contributed by atoms with E-state index >= 15 is 0 Å². The van der Waals surface area contributed by atoms with Crippen LogP contribution in [-0.2, 0) is 26.2 Å². The predicted octanol–water partition coefficient (Wildman–Crippen LogP) is 4.34. The molecule has 198 valence electrons. The first-order chi connectivity index (χ1) is 17.1. The fraction of sp³-hybridized carbons (Fsp3) is 0.462. The van der Waals surface area contributed by atoms with Crippen molar-refractivity contribution in [3.63, 3.8) is 0 Å². The van der Waals surface area contributed by atoms with Crippen LogP contribution in [0.25, 0.3) is 0 Å². The molecule has 2 aromatic carbocycles. The van der Waals surface area contributed by atoms with E-state index in [1.807, 2.05) is 38.1 Å². The Bertz CT molecular complexity index is 1090. The number of nitrogens with one attached hydrogen (secondary N) is 1. The third-order valence-electron chi connectivity index (χ3n) is 5.57. The number of hydrogen-bond acceptors (Lipinski definition) is 5. The maximum atomic E-state index is 13.3. The molecule has 1 N–H and O–H groups in total. The maximum absolute atomic E-state index is 13.3. The molecule has 0 aliphatic heterocycles. The fourth-order valence-electron chi connectivity index (χ4n) is 3.64. The molecule has 0 aliphatic carbocycles. The topological polar surface area (TPSA) is 96.0 Å². The summed E-state index contributed by atoms with van der Waals surface area (Å²) in [6.07, 6.45) is 2.35. The van der Waals surface area contributed by atoms with Crippen molar-refractivity contribution in [3.05, 3.63) is 58.6 Å². The molecule has 0 saturated heterocycles. The van der Waals surface area contributed by atoms with Gasteiger partial charge in [-0.15, -0.1) is 0 Å². The molecule has 0 aromatic heterocycles. The number of carbonyl (C=O) groups is 2. The average molecular weight is 583 g/mol. The average Bonchev–Trinajstić information content (AvgIpc) is 2.84. The Labute approximate surface area is 223 Å². The number of carbonyl (C=O) groups excluding carboxylic acids is 2. The monoisotopic (exact) mass is 581 g/mol. The van der Waals surface area contributed by atoms with Gasteiger partial charge >= 0.3 is 0 Å². The number of amides is 2. The van der Waals surface area contributed by atoms with Crippen LogP contribution < -0.4 is 14.4 Å². The van der Waals surface area contributed by atoms with Gasteiger partial charge in [0.2, 0.25) is 21.8 Å². The normalized spacial score (nSPS) is 12.0. The zero-order valence-corrected chi connectivity index (χ0v) is 23.8. The van der Waals surface area contributed by atoms with Crippen LogP contribution in [0.5, 0.6) is 5.75 Å². The Morgan fingerprint density at radius 1 is 1.06 bits per heavy atom. The van der Waals surface area contributed by atoms with E-state index in [4.69, 9.17) is 4.74 Å². The van der Waals surface area contributed by atoms with Crippen LogP contribution in [0.2, 0.25) is 0 Å². The second kappa shape index (κ2) is 14.2.